The van der Waals surface area contributed by atoms with Gasteiger partial charge in [-0.2, -0.15) is 0 Å². The molecule has 100 valence electrons. The van der Waals surface area contributed by atoms with Gasteiger partial charge in [0.05, 0.1) is 0 Å². The van der Waals surface area contributed by atoms with Gasteiger partial charge in [0.15, 0.2) is 0 Å². The largest absolute Gasteiger partial charge is 0.335 e. The second-order valence-corrected chi connectivity index (χ2v) is 6.63. The Morgan fingerprint density at radius 1 is 1.24 bits per heavy atom. The van der Waals surface area contributed by atoms with Crippen LogP contribution in [0.2, 0.25) is 0 Å². The van der Waals surface area contributed by atoms with E-state index in [4.69, 9.17) is 5.73 Å². The summed E-state index contributed by atoms with van der Waals surface area (Å²) in [5, 5.41) is 6.04. The molecule has 0 radical (unpaired) electrons. The number of hydrogen-bond acceptors (Lipinski definition) is 2. The van der Waals surface area contributed by atoms with Crippen LogP contribution in [0, 0.1) is 0 Å². The van der Waals surface area contributed by atoms with Crippen molar-refractivity contribution in [2.75, 3.05) is 0 Å². The van der Waals surface area contributed by atoms with Gasteiger partial charge in [-0.3, -0.25) is 0 Å². The van der Waals surface area contributed by atoms with Crippen LogP contribution >= 0.6 is 0 Å². The molecule has 17 heavy (non-hydrogen) atoms. The van der Waals surface area contributed by atoms with Crippen molar-refractivity contribution in [3.05, 3.63) is 0 Å². The fourth-order valence-electron chi connectivity index (χ4n) is 2.78. The minimum absolute atomic E-state index is 0.0637. The maximum atomic E-state index is 11.8. The highest BCUT2D eigenvalue weighted by Gasteiger charge is 2.28. The van der Waals surface area contributed by atoms with E-state index in [2.05, 4.69) is 10.6 Å². The van der Waals surface area contributed by atoms with Crippen LogP contribution in [0.1, 0.15) is 59.8 Å². The van der Waals surface area contributed by atoms with Gasteiger partial charge < -0.3 is 16.4 Å². The molecule has 0 spiro atoms. The molecule has 0 atom stereocenters. The molecule has 4 nitrogen and oxygen atoms in total. The van der Waals surface area contributed by atoms with Gasteiger partial charge in [-0.05, 0) is 47.0 Å². The maximum absolute atomic E-state index is 11.8. The van der Waals surface area contributed by atoms with Crippen molar-refractivity contribution in [2.45, 2.75) is 76.9 Å². The molecule has 1 aliphatic carbocycles. The van der Waals surface area contributed by atoms with E-state index in [1.54, 1.807) is 0 Å². The van der Waals surface area contributed by atoms with Crippen molar-refractivity contribution in [1.82, 2.24) is 10.6 Å². The van der Waals surface area contributed by atoms with Crippen LogP contribution in [0.15, 0.2) is 0 Å². The van der Waals surface area contributed by atoms with E-state index in [9.17, 15) is 4.79 Å². The first-order chi connectivity index (χ1) is 7.68. The van der Waals surface area contributed by atoms with E-state index in [1.165, 1.54) is 12.8 Å². The quantitative estimate of drug-likeness (QED) is 0.706. The van der Waals surface area contributed by atoms with Crippen molar-refractivity contribution in [3.8, 4) is 0 Å². The third-order valence-corrected chi connectivity index (χ3v) is 3.04. The van der Waals surface area contributed by atoms with Gasteiger partial charge in [-0.15, -0.1) is 0 Å². The van der Waals surface area contributed by atoms with Crippen molar-refractivity contribution in [3.63, 3.8) is 0 Å². The molecule has 0 bridgehead atoms. The summed E-state index contributed by atoms with van der Waals surface area (Å²) in [5.41, 5.74) is 5.44. The van der Waals surface area contributed by atoms with Crippen molar-refractivity contribution < 1.29 is 4.79 Å². The number of urea groups is 1. The second kappa shape index (κ2) is 5.25. The van der Waals surface area contributed by atoms with Crippen molar-refractivity contribution in [2.24, 2.45) is 5.73 Å². The summed E-state index contributed by atoms with van der Waals surface area (Å²) in [6.07, 6.45) is 5.42. The Morgan fingerprint density at radius 3 is 2.24 bits per heavy atom. The first-order valence-corrected chi connectivity index (χ1v) is 6.56. The number of rotatable bonds is 4. The molecule has 0 heterocycles. The smallest absolute Gasteiger partial charge is 0.315 e. The van der Waals surface area contributed by atoms with Gasteiger partial charge in [0, 0.05) is 17.1 Å². The molecule has 0 unspecified atom stereocenters. The molecule has 0 aromatic rings. The fourth-order valence-corrected chi connectivity index (χ4v) is 2.78. The van der Waals surface area contributed by atoms with Crippen LogP contribution in [0.25, 0.3) is 0 Å². The standard InChI is InChI=1S/C13H27N3O/c1-12(2,14)9-13(3,4)16-11(17)15-10-7-5-6-8-10/h10H,5-9,14H2,1-4H3,(H2,15,16,17). The average Bonchev–Trinajstić information content (AvgIpc) is 2.49. The van der Waals surface area contributed by atoms with Crippen molar-refractivity contribution >= 4 is 6.03 Å². The highest BCUT2D eigenvalue weighted by molar-refractivity contribution is 5.75. The number of carbonyl (C=O) groups excluding carboxylic acids is 1. The third kappa shape index (κ3) is 5.91. The fraction of sp³-hybridized carbons (Fsp3) is 0.923. The molecule has 4 N–H and O–H groups in total. The van der Waals surface area contributed by atoms with Crippen LogP contribution in [0.4, 0.5) is 4.79 Å². The van der Waals surface area contributed by atoms with E-state index in [0.717, 1.165) is 19.3 Å². The van der Waals surface area contributed by atoms with Crippen LogP contribution in [-0.4, -0.2) is 23.2 Å². The van der Waals surface area contributed by atoms with Gasteiger partial charge in [-0.25, -0.2) is 4.79 Å². The number of amides is 2. The summed E-state index contributed by atoms with van der Waals surface area (Å²) < 4.78 is 0. The molecule has 0 saturated heterocycles. The molecule has 1 rings (SSSR count). The lowest BCUT2D eigenvalue weighted by Crippen LogP contribution is -2.54. The molecular formula is C13H27N3O. The Labute approximate surface area is 105 Å². The minimum Gasteiger partial charge on any atom is -0.335 e. The molecule has 0 aromatic carbocycles. The number of hydrogen-bond donors (Lipinski definition) is 3. The highest BCUT2D eigenvalue weighted by Crippen LogP contribution is 2.19. The van der Waals surface area contributed by atoms with E-state index in [0.29, 0.717) is 6.04 Å². The Morgan fingerprint density at radius 2 is 1.76 bits per heavy atom. The maximum Gasteiger partial charge on any atom is 0.315 e. The number of nitrogens with two attached hydrogens (primary N) is 1. The summed E-state index contributed by atoms with van der Waals surface area (Å²) in [4.78, 5) is 11.8. The zero-order valence-corrected chi connectivity index (χ0v) is 11.6. The van der Waals surface area contributed by atoms with Crippen LogP contribution in [0.3, 0.4) is 0 Å². The lowest BCUT2D eigenvalue weighted by atomic mass is 9.88. The monoisotopic (exact) mass is 241 g/mol. The van der Waals surface area contributed by atoms with Gasteiger partial charge in [-0.1, -0.05) is 12.8 Å². The van der Waals surface area contributed by atoms with Gasteiger partial charge in [0.1, 0.15) is 0 Å². The Balaban J connectivity index is 2.38. The van der Waals surface area contributed by atoms with E-state index >= 15 is 0 Å². The summed E-state index contributed by atoms with van der Waals surface area (Å²) in [7, 11) is 0. The van der Waals surface area contributed by atoms with Crippen LogP contribution < -0.4 is 16.4 Å². The van der Waals surface area contributed by atoms with Gasteiger partial charge in [0.25, 0.3) is 0 Å². The normalized spacial score (nSPS) is 18.2. The lowest BCUT2D eigenvalue weighted by Gasteiger charge is -2.33. The van der Waals surface area contributed by atoms with E-state index in [1.807, 2.05) is 27.7 Å². The predicted octanol–water partition coefficient (Wildman–Crippen LogP) is 2.13. The predicted molar refractivity (Wildman–Crippen MR) is 70.9 cm³/mol. The summed E-state index contributed by atoms with van der Waals surface area (Å²) in [6.45, 7) is 7.97. The first-order valence-electron chi connectivity index (χ1n) is 6.56. The Bertz CT molecular complexity index is 262. The third-order valence-electron chi connectivity index (χ3n) is 3.04. The van der Waals surface area contributed by atoms with E-state index < -0.39 is 0 Å². The molecule has 2 amide bonds. The molecule has 0 aromatic heterocycles. The summed E-state index contributed by atoms with van der Waals surface area (Å²) >= 11 is 0. The minimum atomic E-state index is -0.277. The van der Waals surface area contributed by atoms with E-state index in [-0.39, 0.29) is 17.1 Å². The second-order valence-electron chi connectivity index (χ2n) is 6.63. The summed E-state index contributed by atoms with van der Waals surface area (Å²) in [5.74, 6) is 0. The topological polar surface area (TPSA) is 67.1 Å². The van der Waals surface area contributed by atoms with Gasteiger partial charge in [0.2, 0.25) is 0 Å². The molecule has 1 fully saturated rings. The van der Waals surface area contributed by atoms with Crippen LogP contribution in [0.5, 0.6) is 0 Å². The molecule has 4 heteroatoms. The van der Waals surface area contributed by atoms with Gasteiger partial charge >= 0.3 is 6.03 Å². The zero-order chi connectivity index (χ0) is 13.1. The SMILES string of the molecule is CC(C)(N)CC(C)(C)NC(=O)NC1CCCC1. The van der Waals surface area contributed by atoms with Crippen LogP contribution in [-0.2, 0) is 0 Å². The molecule has 1 saturated carbocycles. The average molecular weight is 241 g/mol. The number of nitrogens with one attached hydrogen (secondary N) is 2. The molecule has 1 aliphatic rings. The Hall–Kier alpha value is -0.770. The lowest BCUT2D eigenvalue weighted by molar-refractivity contribution is 0.217. The zero-order valence-electron chi connectivity index (χ0n) is 11.6. The summed E-state index contributed by atoms with van der Waals surface area (Å²) in [6, 6.07) is 0.294. The Kier molecular flexibility index (Phi) is 4.42. The molecular weight excluding hydrogens is 214 g/mol. The highest BCUT2D eigenvalue weighted by atomic mass is 16.2. The first kappa shape index (κ1) is 14.3. The van der Waals surface area contributed by atoms with Crippen molar-refractivity contribution in [1.29, 1.82) is 0 Å². The number of carbonyl (C=O) groups is 1. The molecule has 0 aliphatic heterocycles.